The molecule has 0 radical (unpaired) electrons. The predicted molar refractivity (Wildman–Crippen MR) is 101 cm³/mol. The van der Waals surface area contributed by atoms with Crippen LogP contribution in [0.25, 0.3) is 10.8 Å². The number of aromatic nitrogens is 2. The fourth-order valence-electron chi connectivity index (χ4n) is 3.66. The Morgan fingerprint density at radius 2 is 2.04 bits per heavy atom. The second-order valence-electron chi connectivity index (χ2n) is 6.93. The van der Waals surface area contributed by atoms with E-state index in [-0.39, 0.29) is 18.1 Å². The van der Waals surface area contributed by atoms with Gasteiger partial charge < -0.3 is 15.0 Å². The van der Waals surface area contributed by atoms with Gasteiger partial charge in [-0.15, -0.1) is 0 Å². The lowest BCUT2D eigenvalue weighted by Gasteiger charge is -2.29. The van der Waals surface area contributed by atoms with Crippen molar-refractivity contribution in [3.05, 3.63) is 60.2 Å². The minimum Gasteiger partial charge on any atom is -0.490 e. The SMILES string of the molecule is Cc1[nH]ccc1C(=O)NC1CCC(Oc2cccc3cnccc23)CC1. The van der Waals surface area contributed by atoms with E-state index in [1.165, 1.54) is 0 Å². The molecule has 1 amide bonds. The first-order valence-electron chi connectivity index (χ1n) is 9.15. The average Bonchev–Trinajstić information content (AvgIpc) is 3.10. The van der Waals surface area contributed by atoms with Crippen LogP contribution in [0.15, 0.2) is 48.9 Å². The third-order valence-electron chi connectivity index (χ3n) is 5.14. The molecule has 0 unspecified atom stereocenters. The summed E-state index contributed by atoms with van der Waals surface area (Å²) in [7, 11) is 0. The fraction of sp³-hybridized carbons (Fsp3) is 0.333. The van der Waals surface area contributed by atoms with E-state index in [1.54, 1.807) is 12.4 Å². The summed E-state index contributed by atoms with van der Waals surface area (Å²) in [6, 6.07) is 10.1. The van der Waals surface area contributed by atoms with Crippen LogP contribution in [-0.2, 0) is 0 Å². The Kier molecular flexibility index (Phi) is 4.61. The summed E-state index contributed by atoms with van der Waals surface area (Å²) in [6.45, 7) is 1.92. The first-order chi connectivity index (χ1) is 12.7. The molecule has 1 saturated carbocycles. The number of nitrogens with one attached hydrogen (secondary N) is 2. The van der Waals surface area contributed by atoms with E-state index in [1.807, 2.05) is 43.5 Å². The van der Waals surface area contributed by atoms with Gasteiger partial charge in [0.25, 0.3) is 5.91 Å². The maximum absolute atomic E-state index is 12.3. The standard InChI is InChI=1S/C21H23N3O2/c1-14-18(10-12-23-14)21(25)24-16-5-7-17(8-6-16)26-20-4-2-3-15-13-22-11-9-19(15)20/h2-4,9-13,16-17,23H,5-8H2,1H3,(H,24,25). The normalized spacial score (nSPS) is 20.0. The number of amides is 1. The van der Waals surface area contributed by atoms with Gasteiger partial charge in [-0.2, -0.15) is 0 Å². The van der Waals surface area contributed by atoms with E-state index in [0.29, 0.717) is 0 Å². The monoisotopic (exact) mass is 349 g/mol. The molecule has 0 spiro atoms. The van der Waals surface area contributed by atoms with Crippen molar-refractivity contribution in [2.45, 2.75) is 44.8 Å². The number of hydrogen-bond acceptors (Lipinski definition) is 3. The van der Waals surface area contributed by atoms with E-state index in [0.717, 1.165) is 53.5 Å². The Balaban J connectivity index is 1.35. The molecule has 3 aromatic rings. The molecule has 4 rings (SSSR count). The third-order valence-corrected chi connectivity index (χ3v) is 5.14. The Morgan fingerprint density at radius 1 is 1.19 bits per heavy atom. The zero-order valence-electron chi connectivity index (χ0n) is 14.9. The van der Waals surface area contributed by atoms with E-state index in [4.69, 9.17) is 4.74 Å². The van der Waals surface area contributed by atoms with Gasteiger partial charge >= 0.3 is 0 Å². The van der Waals surface area contributed by atoms with E-state index < -0.39 is 0 Å². The van der Waals surface area contributed by atoms with Crippen LogP contribution in [-0.4, -0.2) is 28.0 Å². The van der Waals surface area contributed by atoms with Crippen molar-refractivity contribution in [1.29, 1.82) is 0 Å². The lowest BCUT2D eigenvalue weighted by atomic mass is 9.92. The zero-order chi connectivity index (χ0) is 17.9. The van der Waals surface area contributed by atoms with Crippen LogP contribution in [0.4, 0.5) is 0 Å². The molecule has 2 aromatic heterocycles. The molecule has 1 fully saturated rings. The first-order valence-corrected chi connectivity index (χ1v) is 9.15. The van der Waals surface area contributed by atoms with Crippen molar-refractivity contribution in [1.82, 2.24) is 15.3 Å². The predicted octanol–water partition coefficient (Wildman–Crippen LogP) is 3.99. The van der Waals surface area contributed by atoms with Crippen molar-refractivity contribution in [2.24, 2.45) is 0 Å². The zero-order valence-corrected chi connectivity index (χ0v) is 14.9. The Labute approximate surface area is 152 Å². The molecular formula is C21H23N3O2. The van der Waals surface area contributed by atoms with Crippen molar-refractivity contribution in [2.75, 3.05) is 0 Å². The van der Waals surface area contributed by atoms with Crippen molar-refractivity contribution >= 4 is 16.7 Å². The highest BCUT2D eigenvalue weighted by atomic mass is 16.5. The largest absolute Gasteiger partial charge is 0.490 e. The molecule has 134 valence electrons. The minimum atomic E-state index is 0.00896. The molecule has 5 heteroatoms. The number of hydrogen-bond donors (Lipinski definition) is 2. The Morgan fingerprint density at radius 3 is 2.81 bits per heavy atom. The quantitative estimate of drug-likeness (QED) is 0.748. The van der Waals surface area contributed by atoms with Crippen LogP contribution in [0.1, 0.15) is 41.7 Å². The maximum atomic E-state index is 12.3. The molecule has 1 aliphatic rings. The molecule has 0 saturated heterocycles. The number of benzene rings is 1. The number of ether oxygens (including phenoxy) is 1. The summed E-state index contributed by atoms with van der Waals surface area (Å²) in [6.07, 6.45) is 9.41. The fourth-order valence-corrected chi connectivity index (χ4v) is 3.66. The van der Waals surface area contributed by atoms with Crippen molar-refractivity contribution in [3.8, 4) is 5.75 Å². The number of H-pyrrole nitrogens is 1. The summed E-state index contributed by atoms with van der Waals surface area (Å²) < 4.78 is 6.27. The van der Waals surface area contributed by atoms with Crippen LogP contribution in [0.5, 0.6) is 5.75 Å². The lowest BCUT2D eigenvalue weighted by Crippen LogP contribution is -2.39. The second kappa shape index (κ2) is 7.20. The third kappa shape index (κ3) is 3.43. The molecule has 0 bridgehead atoms. The molecular weight excluding hydrogens is 326 g/mol. The van der Waals surface area contributed by atoms with Crippen LogP contribution in [0.2, 0.25) is 0 Å². The summed E-state index contributed by atoms with van der Waals surface area (Å²) >= 11 is 0. The number of aryl methyl sites for hydroxylation is 1. The van der Waals surface area contributed by atoms with Crippen LogP contribution >= 0.6 is 0 Å². The lowest BCUT2D eigenvalue weighted by molar-refractivity contribution is 0.0894. The number of pyridine rings is 1. The van der Waals surface area contributed by atoms with Crippen molar-refractivity contribution in [3.63, 3.8) is 0 Å². The highest BCUT2D eigenvalue weighted by Crippen LogP contribution is 2.29. The number of carbonyl (C=O) groups is 1. The molecule has 2 heterocycles. The van der Waals surface area contributed by atoms with E-state index in [9.17, 15) is 4.79 Å². The van der Waals surface area contributed by atoms with Gasteiger partial charge in [0.05, 0.1) is 11.7 Å². The molecule has 0 aliphatic heterocycles. The van der Waals surface area contributed by atoms with E-state index in [2.05, 4.69) is 15.3 Å². The number of carbonyl (C=O) groups excluding carboxylic acids is 1. The number of rotatable bonds is 4. The highest BCUT2D eigenvalue weighted by Gasteiger charge is 2.24. The molecule has 0 atom stereocenters. The van der Waals surface area contributed by atoms with Gasteiger partial charge in [0.2, 0.25) is 0 Å². The topological polar surface area (TPSA) is 67.0 Å². The van der Waals surface area contributed by atoms with Gasteiger partial charge in [-0.05, 0) is 50.8 Å². The minimum absolute atomic E-state index is 0.00896. The molecule has 1 aromatic carbocycles. The smallest absolute Gasteiger partial charge is 0.253 e. The first kappa shape index (κ1) is 16.6. The number of fused-ring (bicyclic) bond motifs is 1. The summed E-state index contributed by atoms with van der Waals surface area (Å²) in [4.78, 5) is 19.6. The van der Waals surface area contributed by atoms with Gasteiger partial charge in [-0.1, -0.05) is 12.1 Å². The number of nitrogens with zero attached hydrogens (tertiary/aromatic N) is 1. The van der Waals surface area contributed by atoms with Gasteiger partial charge in [-0.3, -0.25) is 9.78 Å². The van der Waals surface area contributed by atoms with Gasteiger partial charge in [-0.25, -0.2) is 0 Å². The highest BCUT2D eigenvalue weighted by molar-refractivity contribution is 5.95. The number of aromatic amines is 1. The summed E-state index contributed by atoms with van der Waals surface area (Å²) in [5, 5.41) is 5.34. The molecule has 2 N–H and O–H groups in total. The molecule has 26 heavy (non-hydrogen) atoms. The van der Waals surface area contributed by atoms with E-state index >= 15 is 0 Å². The summed E-state index contributed by atoms with van der Waals surface area (Å²) in [5.41, 5.74) is 1.64. The average molecular weight is 349 g/mol. The molecule has 1 aliphatic carbocycles. The second-order valence-corrected chi connectivity index (χ2v) is 6.93. The summed E-state index contributed by atoms with van der Waals surface area (Å²) in [5.74, 6) is 0.926. The van der Waals surface area contributed by atoms with Crippen LogP contribution in [0.3, 0.4) is 0 Å². The maximum Gasteiger partial charge on any atom is 0.253 e. The van der Waals surface area contributed by atoms with Gasteiger partial charge in [0.15, 0.2) is 0 Å². The molecule has 5 nitrogen and oxygen atoms in total. The van der Waals surface area contributed by atoms with Gasteiger partial charge in [0, 0.05) is 41.1 Å². The van der Waals surface area contributed by atoms with Crippen LogP contribution in [0, 0.1) is 6.92 Å². The Bertz CT molecular complexity index is 905. The van der Waals surface area contributed by atoms with Crippen molar-refractivity contribution < 1.29 is 9.53 Å². The Hall–Kier alpha value is -2.82. The van der Waals surface area contributed by atoms with Crippen LogP contribution < -0.4 is 10.1 Å². The van der Waals surface area contributed by atoms with Gasteiger partial charge in [0.1, 0.15) is 5.75 Å².